The van der Waals surface area contributed by atoms with Crippen LogP contribution in [0.15, 0.2) is 35.7 Å². The van der Waals surface area contributed by atoms with Crippen molar-refractivity contribution in [2.45, 2.75) is 31.9 Å². The van der Waals surface area contributed by atoms with Gasteiger partial charge in [0.1, 0.15) is 6.10 Å². The minimum Gasteiger partial charge on any atom is -0.371 e. The number of aryl methyl sites for hydroxylation is 1. The van der Waals surface area contributed by atoms with Gasteiger partial charge in [-0.05, 0) is 18.9 Å². The van der Waals surface area contributed by atoms with E-state index in [0.29, 0.717) is 13.2 Å². The summed E-state index contributed by atoms with van der Waals surface area (Å²) in [7, 11) is 0. The van der Waals surface area contributed by atoms with E-state index in [-0.39, 0.29) is 18.2 Å². The Morgan fingerprint density at radius 3 is 2.96 bits per heavy atom. The molecule has 23 heavy (non-hydrogen) atoms. The van der Waals surface area contributed by atoms with Crippen LogP contribution >= 0.6 is 11.3 Å². The molecule has 2 N–H and O–H groups in total. The molecule has 1 saturated heterocycles. The Labute approximate surface area is 140 Å². The maximum Gasteiger partial charge on any atom is 0.315 e. The van der Waals surface area contributed by atoms with E-state index in [2.05, 4.69) is 15.6 Å². The zero-order valence-corrected chi connectivity index (χ0v) is 13.9. The van der Waals surface area contributed by atoms with E-state index in [1.54, 1.807) is 11.3 Å². The molecule has 0 saturated carbocycles. The number of carbonyl (C=O) groups is 1. The van der Waals surface area contributed by atoms with Crippen molar-refractivity contribution in [2.75, 3.05) is 13.2 Å². The number of urea groups is 1. The Morgan fingerprint density at radius 2 is 2.22 bits per heavy atom. The quantitative estimate of drug-likeness (QED) is 0.885. The van der Waals surface area contributed by atoms with E-state index < -0.39 is 0 Å². The standard InChI is InChI=1S/C17H21N3O2S/c1-12-19-14(11-23-12)7-9-18-17(21)20-15-8-10-22-16(15)13-5-3-2-4-6-13/h2-6,11,15-16H,7-10H2,1H3,(H2,18,20,21). The first-order valence-electron chi connectivity index (χ1n) is 7.84. The van der Waals surface area contributed by atoms with Crippen LogP contribution in [0.1, 0.15) is 28.8 Å². The third-order valence-electron chi connectivity index (χ3n) is 3.87. The molecular formula is C17H21N3O2S. The number of nitrogens with zero attached hydrogens (tertiary/aromatic N) is 1. The summed E-state index contributed by atoms with van der Waals surface area (Å²) >= 11 is 1.63. The largest absolute Gasteiger partial charge is 0.371 e. The fraction of sp³-hybridized carbons (Fsp3) is 0.412. The van der Waals surface area contributed by atoms with Crippen molar-refractivity contribution in [3.05, 3.63) is 52.0 Å². The molecule has 1 aliphatic heterocycles. The van der Waals surface area contributed by atoms with Gasteiger partial charge in [-0.2, -0.15) is 0 Å². The third-order valence-corrected chi connectivity index (χ3v) is 4.69. The lowest BCUT2D eigenvalue weighted by Gasteiger charge is -2.20. The van der Waals surface area contributed by atoms with Crippen LogP contribution in [-0.2, 0) is 11.2 Å². The fourth-order valence-corrected chi connectivity index (χ4v) is 3.40. The molecule has 2 heterocycles. The molecule has 0 spiro atoms. The van der Waals surface area contributed by atoms with Gasteiger partial charge in [0.2, 0.25) is 0 Å². The first kappa shape index (κ1) is 16.0. The first-order valence-corrected chi connectivity index (χ1v) is 8.72. The lowest BCUT2D eigenvalue weighted by Crippen LogP contribution is -2.43. The zero-order chi connectivity index (χ0) is 16.1. The summed E-state index contributed by atoms with van der Waals surface area (Å²) in [6.45, 7) is 3.24. The Morgan fingerprint density at radius 1 is 1.39 bits per heavy atom. The van der Waals surface area contributed by atoms with Crippen LogP contribution in [0.2, 0.25) is 0 Å². The number of carbonyl (C=O) groups excluding carboxylic acids is 1. The second kappa shape index (κ2) is 7.57. The van der Waals surface area contributed by atoms with E-state index in [4.69, 9.17) is 4.74 Å². The van der Waals surface area contributed by atoms with E-state index in [1.807, 2.05) is 42.6 Å². The van der Waals surface area contributed by atoms with Crippen LogP contribution < -0.4 is 10.6 Å². The van der Waals surface area contributed by atoms with E-state index in [9.17, 15) is 4.79 Å². The number of nitrogens with one attached hydrogen (secondary N) is 2. The smallest absolute Gasteiger partial charge is 0.315 e. The summed E-state index contributed by atoms with van der Waals surface area (Å²) in [5, 5.41) is 9.01. The summed E-state index contributed by atoms with van der Waals surface area (Å²) < 4.78 is 5.78. The molecule has 0 radical (unpaired) electrons. The van der Waals surface area contributed by atoms with Crippen molar-refractivity contribution in [2.24, 2.45) is 0 Å². The number of thiazole rings is 1. The van der Waals surface area contributed by atoms with Gasteiger partial charge in [-0.1, -0.05) is 30.3 Å². The van der Waals surface area contributed by atoms with Gasteiger partial charge in [0.15, 0.2) is 0 Å². The third kappa shape index (κ3) is 4.30. The van der Waals surface area contributed by atoms with E-state index in [1.165, 1.54) is 0 Å². The molecule has 0 aliphatic carbocycles. The minimum atomic E-state index is -0.145. The van der Waals surface area contributed by atoms with Crippen LogP contribution in [0.4, 0.5) is 4.79 Å². The minimum absolute atomic E-state index is 0.0129. The van der Waals surface area contributed by atoms with Crippen LogP contribution in [-0.4, -0.2) is 30.2 Å². The maximum atomic E-state index is 12.1. The topological polar surface area (TPSA) is 63.2 Å². The molecule has 5 nitrogen and oxygen atoms in total. The van der Waals surface area contributed by atoms with Crippen molar-refractivity contribution in [3.8, 4) is 0 Å². The number of hydrogen-bond donors (Lipinski definition) is 2. The fourth-order valence-electron chi connectivity index (χ4n) is 2.76. The first-order chi connectivity index (χ1) is 11.2. The normalized spacial score (nSPS) is 20.4. The van der Waals surface area contributed by atoms with Gasteiger partial charge in [-0.25, -0.2) is 9.78 Å². The van der Waals surface area contributed by atoms with Crippen LogP contribution in [0.5, 0.6) is 0 Å². The number of benzene rings is 1. The van der Waals surface area contributed by atoms with Crippen molar-refractivity contribution >= 4 is 17.4 Å². The highest BCUT2D eigenvalue weighted by molar-refractivity contribution is 7.09. The molecule has 1 fully saturated rings. The lowest BCUT2D eigenvalue weighted by molar-refractivity contribution is 0.0999. The van der Waals surface area contributed by atoms with Gasteiger partial charge in [-0.3, -0.25) is 0 Å². The SMILES string of the molecule is Cc1nc(CCNC(=O)NC2CCOC2c2ccccc2)cs1. The van der Waals surface area contributed by atoms with Crippen molar-refractivity contribution in [1.29, 1.82) is 0 Å². The number of rotatable bonds is 5. The molecule has 2 atom stereocenters. The predicted molar refractivity (Wildman–Crippen MR) is 90.6 cm³/mol. The van der Waals surface area contributed by atoms with Crippen LogP contribution in [0.25, 0.3) is 0 Å². The zero-order valence-electron chi connectivity index (χ0n) is 13.1. The van der Waals surface area contributed by atoms with Crippen LogP contribution in [0.3, 0.4) is 0 Å². The summed E-state index contributed by atoms with van der Waals surface area (Å²) in [5.41, 5.74) is 2.13. The molecule has 6 heteroatoms. The van der Waals surface area contributed by atoms with Gasteiger partial charge in [0.05, 0.1) is 16.7 Å². The highest BCUT2D eigenvalue weighted by Gasteiger charge is 2.30. The molecule has 1 aliphatic rings. The second-order valence-corrected chi connectivity index (χ2v) is 6.67. The van der Waals surface area contributed by atoms with Gasteiger partial charge >= 0.3 is 6.03 Å². The Bertz CT molecular complexity index is 644. The Hall–Kier alpha value is -1.92. The van der Waals surface area contributed by atoms with E-state index >= 15 is 0 Å². The van der Waals surface area contributed by atoms with E-state index in [0.717, 1.165) is 29.1 Å². The van der Waals surface area contributed by atoms with Crippen molar-refractivity contribution < 1.29 is 9.53 Å². The van der Waals surface area contributed by atoms with Gasteiger partial charge in [0, 0.05) is 25.0 Å². The lowest BCUT2D eigenvalue weighted by atomic mass is 10.0. The summed E-state index contributed by atoms with van der Waals surface area (Å²) in [6.07, 6.45) is 1.52. The average Bonchev–Trinajstić information content (AvgIpc) is 3.17. The number of ether oxygens (including phenoxy) is 1. The Kier molecular flexibility index (Phi) is 5.25. The molecule has 2 amide bonds. The van der Waals surface area contributed by atoms with Crippen LogP contribution in [0, 0.1) is 6.92 Å². The number of hydrogen-bond acceptors (Lipinski definition) is 4. The summed E-state index contributed by atoms with van der Waals surface area (Å²) in [5.74, 6) is 0. The highest BCUT2D eigenvalue weighted by atomic mass is 32.1. The molecule has 0 bridgehead atoms. The molecule has 3 rings (SSSR count). The molecule has 1 aromatic carbocycles. The summed E-state index contributed by atoms with van der Waals surface area (Å²) in [6, 6.07) is 9.90. The van der Waals surface area contributed by atoms with Crippen molar-refractivity contribution in [3.63, 3.8) is 0 Å². The van der Waals surface area contributed by atoms with Gasteiger partial charge in [0.25, 0.3) is 0 Å². The number of aromatic nitrogens is 1. The van der Waals surface area contributed by atoms with Crippen molar-refractivity contribution in [1.82, 2.24) is 15.6 Å². The number of amides is 2. The predicted octanol–water partition coefficient (Wildman–Crippen LogP) is 2.82. The molecule has 122 valence electrons. The maximum absolute atomic E-state index is 12.1. The van der Waals surface area contributed by atoms with Gasteiger partial charge in [-0.15, -0.1) is 11.3 Å². The summed E-state index contributed by atoms with van der Waals surface area (Å²) in [4.78, 5) is 16.5. The monoisotopic (exact) mass is 331 g/mol. The Balaban J connectivity index is 1.47. The molecule has 1 aromatic heterocycles. The molecule has 2 aromatic rings. The molecular weight excluding hydrogens is 310 g/mol. The van der Waals surface area contributed by atoms with Gasteiger partial charge < -0.3 is 15.4 Å². The highest BCUT2D eigenvalue weighted by Crippen LogP contribution is 2.28. The second-order valence-electron chi connectivity index (χ2n) is 5.61. The average molecular weight is 331 g/mol. The molecule has 2 unspecified atom stereocenters.